The molecule has 5 rings (SSSR count). The molecule has 4 aromatic rings. The van der Waals surface area contributed by atoms with Crippen molar-refractivity contribution in [3.05, 3.63) is 93.6 Å². The van der Waals surface area contributed by atoms with E-state index >= 15 is 0 Å². The van der Waals surface area contributed by atoms with Gasteiger partial charge >= 0.3 is 0 Å². The maximum Gasteiger partial charge on any atom is 0.295 e. The minimum absolute atomic E-state index is 0.0714. The minimum atomic E-state index is -0.836. The second kappa shape index (κ2) is 11.2. The van der Waals surface area contributed by atoms with Crippen LogP contribution in [-0.4, -0.2) is 26.7 Å². The summed E-state index contributed by atoms with van der Waals surface area (Å²) in [4.78, 5) is 29.0. The molecule has 1 amide bonds. The maximum absolute atomic E-state index is 14.1. The van der Waals surface area contributed by atoms with Crippen LogP contribution in [0.5, 0.6) is 17.2 Å². The molecule has 39 heavy (non-hydrogen) atoms. The van der Waals surface area contributed by atoms with Crippen molar-refractivity contribution in [2.75, 3.05) is 25.7 Å². The summed E-state index contributed by atoms with van der Waals surface area (Å²) in [6, 6.07) is 15.2. The van der Waals surface area contributed by atoms with Gasteiger partial charge in [0.05, 0.1) is 37.8 Å². The van der Waals surface area contributed by atoms with Gasteiger partial charge in [0.15, 0.2) is 16.9 Å². The summed E-state index contributed by atoms with van der Waals surface area (Å²) in [6.45, 7) is 2.71. The van der Waals surface area contributed by atoms with Gasteiger partial charge in [-0.2, -0.15) is 0 Å². The third-order valence-electron chi connectivity index (χ3n) is 6.94. The number of hydrogen-bond acceptors (Lipinski definition) is 6. The van der Waals surface area contributed by atoms with E-state index < -0.39 is 23.2 Å². The van der Waals surface area contributed by atoms with Crippen LogP contribution in [0.1, 0.15) is 60.3 Å². The number of hydrogen-bond donors (Lipinski definition) is 0. The number of amides is 1. The predicted molar refractivity (Wildman–Crippen MR) is 147 cm³/mol. The van der Waals surface area contributed by atoms with E-state index in [4.69, 9.17) is 18.6 Å². The van der Waals surface area contributed by atoms with Crippen molar-refractivity contribution >= 4 is 22.6 Å². The van der Waals surface area contributed by atoms with Crippen molar-refractivity contribution in [2.45, 2.75) is 38.6 Å². The molecule has 0 bridgehead atoms. The molecule has 202 valence electrons. The summed E-state index contributed by atoms with van der Waals surface area (Å²) in [5.74, 6) is 0.566. The first-order chi connectivity index (χ1) is 19.0. The summed E-state index contributed by atoms with van der Waals surface area (Å²) in [5, 5.41) is 0.0714. The van der Waals surface area contributed by atoms with Gasteiger partial charge in [-0.1, -0.05) is 32.3 Å². The molecule has 2 heterocycles. The second-order valence-corrected chi connectivity index (χ2v) is 9.41. The quantitative estimate of drug-likeness (QED) is 0.213. The number of fused-ring (bicyclic) bond motifs is 2. The Kier molecular flexibility index (Phi) is 7.54. The molecule has 0 fully saturated rings. The van der Waals surface area contributed by atoms with Crippen molar-refractivity contribution in [2.24, 2.45) is 0 Å². The van der Waals surface area contributed by atoms with Crippen LogP contribution in [0.15, 0.2) is 69.9 Å². The molecule has 7 nitrogen and oxygen atoms in total. The van der Waals surface area contributed by atoms with E-state index in [0.29, 0.717) is 35.1 Å². The van der Waals surface area contributed by atoms with Gasteiger partial charge in [0.1, 0.15) is 17.1 Å². The van der Waals surface area contributed by atoms with Crippen molar-refractivity contribution in [3.8, 4) is 17.2 Å². The van der Waals surface area contributed by atoms with Gasteiger partial charge in [0.25, 0.3) is 5.91 Å². The standard InChI is InChI=1S/C31H30FNO6/c1-4-5-6-7-16-38-25-14-8-19(17-26(25)37-3)28-27-29(34)23-18-20(32)9-15-24(23)39-30(27)31(35)33(28)21-10-12-22(36-2)13-11-21/h8-15,17-18,28H,4-7,16H2,1-3H3. The molecule has 8 heteroatoms. The number of benzene rings is 3. The average Bonchev–Trinajstić information content (AvgIpc) is 3.25. The Hall–Kier alpha value is -4.33. The molecule has 1 aliphatic rings. The van der Waals surface area contributed by atoms with Gasteiger partial charge in [0, 0.05) is 5.69 Å². The Morgan fingerprint density at radius 3 is 2.41 bits per heavy atom. The van der Waals surface area contributed by atoms with Crippen molar-refractivity contribution in [1.29, 1.82) is 0 Å². The van der Waals surface area contributed by atoms with E-state index in [0.717, 1.165) is 31.7 Å². The lowest BCUT2D eigenvalue weighted by Gasteiger charge is -2.26. The van der Waals surface area contributed by atoms with Gasteiger partial charge in [0.2, 0.25) is 5.76 Å². The van der Waals surface area contributed by atoms with E-state index in [1.807, 2.05) is 6.07 Å². The Morgan fingerprint density at radius 1 is 0.897 bits per heavy atom. The predicted octanol–water partition coefficient (Wildman–Crippen LogP) is 6.66. The van der Waals surface area contributed by atoms with Crippen LogP contribution in [0.2, 0.25) is 0 Å². The van der Waals surface area contributed by atoms with Crippen LogP contribution in [-0.2, 0) is 0 Å². The first-order valence-electron chi connectivity index (χ1n) is 13.0. The largest absolute Gasteiger partial charge is 0.497 e. The highest BCUT2D eigenvalue weighted by molar-refractivity contribution is 6.10. The highest BCUT2D eigenvalue weighted by atomic mass is 19.1. The molecule has 0 spiro atoms. The number of methoxy groups -OCH3 is 2. The lowest BCUT2D eigenvalue weighted by Crippen LogP contribution is -2.29. The fraction of sp³-hybridized carbons (Fsp3) is 0.290. The van der Waals surface area contributed by atoms with Crippen molar-refractivity contribution < 1.29 is 27.8 Å². The molecule has 3 aromatic carbocycles. The van der Waals surface area contributed by atoms with Gasteiger partial charge < -0.3 is 18.6 Å². The molecular formula is C31H30FNO6. The van der Waals surface area contributed by atoms with Gasteiger partial charge in [-0.05, 0) is 66.6 Å². The number of carbonyl (C=O) groups excluding carboxylic acids is 1. The monoisotopic (exact) mass is 531 g/mol. The molecule has 1 atom stereocenters. The molecule has 1 aromatic heterocycles. The Morgan fingerprint density at radius 2 is 1.69 bits per heavy atom. The van der Waals surface area contributed by atoms with Gasteiger partial charge in [-0.3, -0.25) is 14.5 Å². The molecule has 0 N–H and O–H groups in total. The molecule has 0 saturated carbocycles. The number of anilines is 1. The van der Waals surface area contributed by atoms with Crippen LogP contribution in [0.25, 0.3) is 11.0 Å². The summed E-state index contributed by atoms with van der Waals surface area (Å²) < 4.78 is 36.9. The second-order valence-electron chi connectivity index (χ2n) is 9.41. The maximum atomic E-state index is 14.1. The third-order valence-corrected chi connectivity index (χ3v) is 6.94. The van der Waals surface area contributed by atoms with Gasteiger partial charge in [-0.15, -0.1) is 0 Å². The molecule has 0 radical (unpaired) electrons. The first kappa shape index (κ1) is 26.3. The Balaban J connectivity index is 1.62. The number of ether oxygens (including phenoxy) is 3. The fourth-order valence-electron chi connectivity index (χ4n) is 4.95. The number of nitrogens with zero attached hydrogens (tertiary/aromatic N) is 1. The zero-order valence-electron chi connectivity index (χ0n) is 22.2. The smallest absolute Gasteiger partial charge is 0.295 e. The Labute approximate surface area is 225 Å². The van der Waals surface area contributed by atoms with E-state index in [9.17, 15) is 14.0 Å². The first-order valence-corrected chi connectivity index (χ1v) is 13.0. The number of rotatable bonds is 10. The zero-order valence-corrected chi connectivity index (χ0v) is 22.2. The lowest BCUT2D eigenvalue weighted by molar-refractivity contribution is 0.0971. The zero-order chi connectivity index (χ0) is 27.5. The Bertz CT molecular complexity index is 1560. The molecule has 1 aliphatic heterocycles. The van der Waals surface area contributed by atoms with Crippen LogP contribution < -0.4 is 24.5 Å². The molecule has 0 aliphatic carbocycles. The van der Waals surface area contributed by atoms with Crippen LogP contribution in [0.3, 0.4) is 0 Å². The third kappa shape index (κ3) is 4.94. The van der Waals surface area contributed by atoms with Crippen molar-refractivity contribution in [3.63, 3.8) is 0 Å². The number of unbranched alkanes of at least 4 members (excludes halogenated alkanes) is 3. The highest BCUT2D eigenvalue weighted by Gasteiger charge is 2.44. The number of carbonyl (C=O) groups is 1. The minimum Gasteiger partial charge on any atom is -0.497 e. The summed E-state index contributed by atoms with van der Waals surface area (Å²) >= 11 is 0. The van der Waals surface area contributed by atoms with Crippen molar-refractivity contribution in [1.82, 2.24) is 0 Å². The topological polar surface area (TPSA) is 78.2 Å². The van der Waals surface area contributed by atoms with E-state index in [2.05, 4.69) is 6.92 Å². The van der Waals surface area contributed by atoms with Crippen LogP contribution in [0, 0.1) is 5.82 Å². The number of halogens is 1. The average molecular weight is 532 g/mol. The fourth-order valence-corrected chi connectivity index (χ4v) is 4.95. The van der Waals surface area contributed by atoms with Crippen LogP contribution >= 0.6 is 0 Å². The van der Waals surface area contributed by atoms with E-state index in [-0.39, 0.29) is 22.3 Å². The lowest BCUT2D eigenvalue weighted by atomic mass is 9.97. The summed E-state index contributed by atoms with van der Waals surface area (Å²) in [7, 11) is 3.10. The summed E-state index contributed by atoms with van der Waals surface area (Å²) in [5.41, 5.74) is 0.992. The SMILES string of the molecule is CCCCCCOc1ccc(C2c3c(oc4ccc(F)cc4c3=O)C(=O)N2c2ccc(OC)cc2)cc1OC. The van der Waals surface area contributed by atoms with Gasteiger partial charge in [-0.25, -0.2) is 4.39 Å². The molecular weight excluding hydrogens is 501 g/mol. The van der Waals surface area contributed by atoms with E-state index in [1.54, 1.807) is 50.6 Å². The summed E-state index contributed by atoms with van der Waals surface area (Å²) in [6.07, 6.45) is 4.30. The highest BCUT2D eigenvalue weighted by Crippen LogP contribution is 2.43. The normalized spacial score (nSPS) is 14.5. The van der Waals surface area contributed by atoms with E-state index in [1.165, 1.54) is 17.0 Å². The molecule has 0 saturated heterocycles. The van der Waals surface area contributed by atoms with Crippen LogP contribution in [0.4, 0.5) is 10.1 Å². The molecule has 1 unspecified atom stereocenters.